The van der Waals surface area contributed by atoms with Gasteiger partial charge in [0, 0.05) is 20.8 Å². The maximum Gasteiger partial charge on any atom is 0.336 e. The number of para-hydroxylation sites is 2. The second-order valence-corrected chi connectivity index (χ2v) is 6.42. The Morgan fingerprint density at radius 1 is 1.07 bits per heavy atom. The van der Waals surface area contributed by atoms with Gasteiger partial charge >= 0.3 is 29.6 Å². The fourth-order valence-corrected chi connectivity index (χ4v) is 3.21. The Bertz CT molecular complexity index is 855. The van der Waals surface area contributed by atoms with Crippen LogP contribution >= 0.6 is 0 Å². The molecule has 156 valence electrons. The highest BCUT2D eigenvalue weighted by atomic mass is 16.8. The van der Waals surface area contributed by atoms with Crippen molar-refractivity contribution in [2.75, 3.05) is 11.7 Å². The number of carbonyl (C=O) groups is 4. The fraction of sp³-hybridized carbons (Fsp3) is 0.444. The van der Waals surface area contributed by atoms with Gasteiger partial charge in [-0.3, -0.25) is 24.4 Å². The third kappa shape index (κ3) is 3.74. The van der Waals surface area contributed by atoms with Crippen LogP contribution in [-0.4, -0.2) is 59.7 Å². The summed E-state index contributed by atoms with van der Waals surface area (Å²) in [7, 11) is 0. The van der Waals surface area contributed by atoms with Crippen molar-refractivity contribution in [3.05, 3.63) is 24.3 Å². The zero-order valence-electron chi connectivity index (χ0n) is 15.8. The van der Waals surface area contributed by atoms with Gasteiger partial charge in [0.2, 0.25) is 6.10 Å². The molecule has 1 aromatic carbocycles. The maximum atomic E-state index is 13.0. The van der Waals surface area contributed by atoms with Crippen molar-refractivity contribution in [3.63, 3.8) is 0 Å². The number of fused-ring (bicyclic) bond motifs is 1. The molecule has 2 aliphatic rings. The highest BCUT2D eigenvalue weighted by molar-refractivity contribution is 6.00. The van der Waals surface area contributed by atoms with E-state index in [0.717, 1.165) is 20.8 Å². The Morgan fingerprint density at radius 2 is 1.69 bits per heavy atom. The number of ether oxygens (including phenoxy) is 5. The number of anilines is 1. The molecule has 0 aliphatic carbocycles. The Labute approximate surface area is 165 Å². The van der Waals surface area contributed by atoms with Gasteiger partial charge in [-0.2, -0.15) is 5.06 Å². The average molecular weight is 409 g/mol. The summed E-state index contributed by atoms with van der Waals surface area (Å²) in [6.45, 7) is 2.85. The van der Waals surface area contributed by atoms with E-state index in [1.807, 2.05) is 0 Å². The van der Waals surface area contributed by atoms with Crippen molar-refractivity contribution in [3.8, 4) is 5.75 Å². The van der Waals surface area contributed by atoms with Crippen LogP contribution in [-0.2, 0) is 38.1 Å². The van der Waals surface area contributed by atoms with Gasteiger partial charge < -0.3 is 23.7 Å². The number of carbonyl (C=O) groups excluding carboxylic acids is 4. The Kier molecular flexibility index (Phi) is 5.44. The molecule has 4 atom stereocenters. The molecule has 11 nitrogen and oxygen atoms in total. The molecule has 1 amide bonds. The summed E-state index contributed by atoms with van der Waals surface area (Å²) < 4.78 is 26.9. The van der Waals surface area contributed by atoms with Crippen LogP contribution < -0.4 is 9.80 Å². The molecule has 0 bridgehead atoms. The molecule has 0 aromatic heterocycles. The molecule has 1 fully saturated rings. The molecule has 11 heteroatoms. The first kappa shape index (κ1) is 20.6. The Hall–Kier alpha value is -3.18. The van der Waals surface area contributed by atoms with Gasteiger partial charge in [-0.05, 0) is 12.1 Å². The molecule has 1 saturated heterocycles. The highest BCUT2D eigenvalue weighted by Gasteiger charge is 2.65. The first-order valence-corrected chi connectivity index (χ1v) is 8.63. The predicted octanol–water partition coefficient (Wildman–Crippen LogP) is 0.323. The summed E-state index contributed by atoms with van der Waals surface area (Å²) in [5.74, 6) is -5.77. The quantitative estimate of drug-likeness (QED) is 0.422. The van der Waals surface area contributed by atoms with Crippen LogP contribution in [0, 0.1) is 0 Å². The predicted molar refractivity (Wildman–Crippen MR) is 91.7 cm³/mol. The minimum absolute atomic E-state index is 0.0412. The lowest BCUT2D eigenvalue weighted by atomic mass is 9.93. The molecule has 0 unspecified atom stereocenters. The Morgan fingerprint density at radius 3 is 2.31 bits per heavy atom. The van der Waals surface area contributed by atoms with Gasteiger partial charge in [0.1, 0.15) is 11.4 Å². The number of benzene rings is 1. The second-order valence-electron chi connectivity index (χ2n) is 6.42. The van der Waals surface area contributed by atoms with Crippen LogP contribution in [0.4, 0.5) is 5.69 Å². The van der Waals surface area contributed by atoms with E-state index in [4.69, 9.17) is 23.7 Å². The van der Waals surface area contributed by atoms with Crippen molar-refractivity contribution in [1.82, 2.24) is 0 Å². The lowest BCUT2D eigenvalue weighted by Crippen LogP contribution is -2.72. The van der Waals surface area contributed by atoms with E-state index in [-0.39, 0.29) is 11.4 Å². The molecular weight excluding hydrogens is 390 g/mol. The first-order chi connectivity index (χ1) is 13.7. The molecule has 1 spiro atoms. The number of amides is 1. The summed E-state index contributed by atoms with van der Waals surface area (Å²) >= 11 is 0. The van der Waals surface area contributed by atoms with Gasteiger partial charge in [0.05, 0.1) is 6.61 Å². The zero-order chi connectivity index (χ0) is 21.3. The van der Waals surface area contributed by atoms with Gasteiger partial charge in [-0.1, -0.05) is 12.1 Å². The summed E-state index contributed by atoms with van der Waals surface area (Å²) in [4.78, 5) is 47.9. The lowest BCUT2D eigenvalue weighted by molar-refractivity contribution is -0.302. The van der Waals surface area contributed by atoms with Crippen molar-refractivity contribution in [2.45, 2.75) is 44.9 Å². The largest absolute Gasteiger partial charge is 0.456 e. The molecule has 0 radical (unpaired) electrons. The van der Waals surface area contributed by atoms with E-state index in [2.05, 4.69) is 0 Å². The SMILES string of the molecule is CC(=O)O[C@@H]1[C@H](OC(C)=O)CO[C@]2(Oc3ccccc3N(O)C2=O)[C@H]1OC(C)=O. The van der Waals surface area contributed by atoms with Crippen molar-refractivity contribution >= 4 is 29.5 Å². The summed E-state index contributed by atoms with van der Waals surface area (Å²) in [5, 5.41) is 10.7. The van der Waals surface area contributed by atoms with Crippen molar-refractivity contribution in [1.29, 1.82) is 0 Å². The number of hydroxylamine groups is 1. The highest BCUT2D eigenvalue weighted by Crippen LogP contribution is 2.43. The van der Waals surface area contributed by atoms with Crippen LogP contribution in [0.2, 0.25) is 0 Å². The normalized spacial score (nSPS) is 28.2. The molecule has 29 heavy (non-hydrogen) atoms. The van der Waals surface area contributed by atoms with Gasteiger partial charge in [-0.15, -0.1) is 0 Å². The zero-order valence-corrected chi connectivity index (χ0v) is 15.8. The van der Waals surface area contributed by atoms with Gasteiger partial charge in [-0.25, -0.2) is 0 Å². The van der Waals surface area contributed by atoms with Crippen LogP contribution in [0.3, 0.4) is 0 Å². The molecule has 1 N–H and O–H groups in total. The van der Waals surface area contributed by atoms with E-state index in [1.54, 1.807) is 12.1 Å². The Balaban J connectivity index is 2.09. The fourth-order valence-electron chi connectivity index (χ4n) is 3.21. The number of hydrogen-bond acceptors (Lipinski definition) is 10. The van der Waals surface area contributed by atoms with Crippen LogP contribution in [0.25, 0.3) is 0 Å². The first-order valence-electron chi connectivity index (χ1n) is 8.63. The standard InChI is InChI=1S/C18H19NO10/c1-9(20)26-14-8-25-18(16(28-11(3)22)15(14)27-10(2)21)17(23)19(24)12-6-4-5-7-13(12)29-18/h4-7,14-16,24H,8H2,1-3H3/t14-,15-,16+,18+/m1/s1. The maximum absolute atomic E-state index is 13.0. The van der Waals surface area contributed by atoms with Gasteiger partial charge in [0.15, 0.2) is 12.2 Å². The van der Waals surface area contributed by atoms with Crippen LogP contribution in [0.15, 0.2) is 24.3 Å². The molecule has 3 rings (SSSR count). The summed E-state index contributed by atoms with van der Waals surface area (Å²) in [6.07, 6.45) is -4.30. The smallest absolute Gasteiger partial charge is 0.336 e. The molecular formula is C18H19NO10. The molecule has 0 saturated carbocycles. The molecule has 2 heterocycles. The minimum atomic E-state index is -2.37. The van der Waals surface area contributed by atoms with Crippen LogP contribution in [0.1, 0.15) is 20.8 Å². The minimum Gasteiger partial charge on any atom is -0.456 e. The van der Waals surface area contributed by atoms with Crippen LogP contribution in [0.5, 0.6) is 5.75 Å². The summed E-state index contributed by atoms with van der Waals surface area (Å²) in [5.41, 5.74) is 0.0412. The topological polar surface area (TPSA) is 138 Å². The number of esters is 3. The van der Waals surface area contributed by atoms with E-state index in [9.17, 15) is 24.4 Å². The lowest BCUT2D eigenvalue weighted by Gasteiger charge is -2.48. The average Bonchev–Trinajstić information content (AvgIpc) is 2.64. The third-order valence-electron chi connectivity index (χ3n) is 4.26. The van der Waals surface area contributed by atoms with Crippen molar-refractivity contribution in [2.24, 2.45) is 0 Å². The second kappa shape index (κ2) is 7.68. The number of rotatable bonds is 3. The van der Waals surface area contributed by atoms with E-state index >= 15 is 0 Å². The molecule has 1 aromatic rings. The number of nitrogens with zero attached hydrogens (tertiary/aromatic N) is 1. The van der Waals surface area contributed by atoms with E-state index in [0.29, 0.717) is 5.06 Å². The number of hydrogen-bond donors (Lipinski definition) is 1. The van der Waals surface area contributed by atoms with Gasteiger partial charge in [0.25, 0.3) is 0 Å². The van der Waals surface area contributed by atoms with E-state index < -0.39 is 54.5 Å². The summed E-state index contributed by atoms with van der Waals surface area (Å²) in [6, 6.07) is 6.04. The van der Waals surface area contributed by atoms with E-state index in [1.165, 1.54) is 12.1 Å². The molecule has 2 aliphatic heterocycles. The third-order valence-corrected chi connectivity index (χ3v) is 4.26. The monoisotopic (exact) mass is 409 g/mol. The van der Waals surface area contributed by atoms with Crippen molar-refractivity contribution < 1.29 is 48.1 Å².